The van der Waals surface area contributed by atoms with Crippen LogP contribution in [0.1, 0.15) is 40.3 Å². The van der Waals surface area contributed by atoms with Crippen LogP contribution in [0.15, 0.2) is 0 Å². The minimum absolute atomic E-state index is 0.177. The van der Waals surface area contributed by atoms with Crippen molar-refractivity contribution >= 4 is 17.9 Å². The van der Waals surface area contributed by atoms with Crippen molar-refractivity contribution in [2.75, 3.05) is 13.7 Å². The molecule has 0 aliphatic heterocycles. The van der Waals surface area contributed by atoms with Crippen LogP contribution in [0.3, 0.4) is 0 Å². The van der Waals surface area contributed by atoms with Crippen LogP contribution in [0.4, 0.5) is 4.79 Å². The molecule has 0 radical (unpaired) electrons. The highest BCUT2D eigenvalue weighted by molar-refractivity contribution is 5.97. The van der Waals surface area contributed by atoms with Crippen molar-refractivity contribution in [1.82, 2.24) is 15.6 Å². The second kappa shape index (κ2) is 6.89. The zero-order valence-corrected chi connectivity index (χ0v) is 12.4. The van der Waals surface area contributed by atoms with Crippen molar-refractivity contribution in [2.24, 2.45) is 0 Å². The molecule has 0 saturated carbocycles. The molecule has 116 valence electrons. The van der Waals surface area contributed by atoms with Gasteiger partial charge < -0.3 is 20.1 Å². The van der Waals surface area contributed by atoms with E-state index in [1.54, 1.807) is 20.8 Å². The Bertz CT molecular complexity index is 562. The number of H-pyrrole nitrogens is 1. The summed E-state index contributed by atoms with van der Waals surface area (Å²) in [6, 6.07) is -0.681. The lowest BCUT2D eigenvalue weighted by Crippen LogP contribution is -2.39. The fourth-order valence-electron chi connectivity index (χ4n) is 2.02. The number of aromatic amines is 1. The molecule has 1 atom stereocenters. The molecule has 1 heterocycles. The number of aryl methyl sites for hydroxylation is 1. The van der Waals surface area contributed by atoms with Crippen molar-refractivity contribution < 1.29 is 24.2 Å². The van der Waals surface area contributed by atoms with Crippen LogP contribution < -0.4 is 10.6 Å². The van der Waals surface area contributed by atoms with Crippen LogP contribution >= 0.6 is 0 Å². The molecule has 1 aromatic rings. The number of aromatic nitrogens is 1. The van der Waals surface area contributed by atoms with Gasteiger partial charge in [-0.2, -0.15) is 0 Å². The number of ether oxygens (including phenoxy) is 1. The third-order valence-corrected chi connectivity index (χ3v) is 2.93. The Morgan fingerprint density at radius 1 is 1.33 bits per heavy atom. The van der Waals surface area contributed by atoms with Crippen molar-refractivity contribution in [1.29, 1.82) is 0 Å². The van der Waals surface area contributed by atoms with E-state index in [0.717, 1.165) is 0 Å². The first kappa shape index (κ1) is 16.7. The second-order valence-corrected chi connectivity index (χ2v) is 4.54. The molecule has 0 fully saturated rings. The highest BCUT2D eigenvalue weighted by atomic mass is 16.5. The molecule has 0 saturated heterocycles. The lowest BCUT2D eigenvalue weighted by molar-refractivity contribution is -0.123. The summed E-state index contributed by atoms with van der Waals surface area (Å²) in [5.74, 6) is -1.46. The first-order valence-electron chi connectivity index (χ1n) is 6.33. The quantitative estimate of drug-likeness (QED) is 0.596. The number of hydrogen-bond acceptors (Lipinski definition) is 5. The van der Waals surface area contributed by atoms with E-state index in [4.69, 9.17) is 4.74 Å². The minimum atomic E-state index is -0.737. The predicted molar refractivity (Wildman–Crippen MR) is 73.8 cm³/mol. The smallest absolute Gasteiger partial charge is 0.355 e. The van der Waals surface area contributed by atoms with Gasteiger partial charge in [0.05, 0.1) is 6.10 Å². The highest BCUT2D eigenvalue weighted by Crippen LogP contribution is 2.24. The topological polar surface area (TPSA) is 121 Å². The standard InChI is InChI=1S/C13H19N3O5/c1-6-10(8(3)17)7(2)15-11(6)12(19)21-5-9(18)16-13(20)14-4/h8,15,17H,5H2,1-4H3,(H2,14,16,18,20). The number of imide groups is 1. The Kier molecular flexibility index (Phi) is 5.48. The van der Waals surface area contributed by atoms with Gasteiger partial charge in [0.1, 0.15) is 5.69 Å². The fraction of sp³-hybridized carbons (Fsp3) is 0.462. The number of urea groups is 1. The first-order chi connectivity index (χ1) is 9.77. The number of rotatable bonds is 4. The molecule has 4 N–H and O–H groups in total. The van der Waals surface area contributed by atoms with E-state index in [-0.39, 0.29) is 5.69 Å². The van der Waals surface area contributed by atoms with Gasteiger partial charge >= 0.3 is 12.0 Å². The molecule has 1 unspecified atom stereocenters. The maximum atomic E-state index is 11.9. The maximum absolute atomic E-state index is 11.9. The van der Waals surface area contributed by atoms with Gasteiger partial charge in [0, 0.05) is 18.3 Å². The van der Waals surface area contributed by atoms with E-state index in [9.17, 15) is 19.5 Å². The maximum Gasteiger partial charge on any atom is 0.355 e. The van der Waals surface area contributed by atoms with Crippen molar-refractivity contribution in [3.8, 4) is 0 Å². The summed E-state index contributed by atoms with van der Waals surface area (Å²) in [7, 11) is 1.36. The Hall–Kier alpha value is -2.35. The van der Waals surface area contributed by atoms with E-state index < -0.39 is 30.6 Å². The summed E-state index contributed by atoms with van der Waals surface area (Å²) in [6.45, 7) is 4.42. The van der Waals surface area contributed by atoms with Gasteiger partial charge in [-0.25, -0.2) is 9.59 Å². The molecule has 8 heteroatoms. The molecule has 3 amide bonds. The summed E-state index contributed by atoms with van der Waals surface area (Å²) in [6.07, 6.45) is -0.723. The number of carbonyl (C=O) groups excluding carboxylic acids is 3. The summed E-state index contributed by atoms with van der Waals surface area (Å²) in [5.41, 5.74) is 2.02. The van der Waals surface area contributed by atoms with Gasteiger partial charge in [-0.05, 0) is 26.3 Å². The lowest BCUT2D eigenvalue weighted by atomic mass is 10.1. The van der Waals surface area contributed by atoms with Crippen molar-refractivity contribution in [2.45, 2.75) is 26.9 Å². The number of amides is 3. The average molecular weight is 297 g/mol. The van der Waals surface area contributed by atoms with Crippen LogP contribution in [0.5, 0.6) is 0 Å². The van der Waals surface area contributed by atoms with Gasteiger partial charge in [-0.15, -0.1) is 0 Å². The van der Waals surface area contributed by atoms with Crippen LogP contribution in [-0.4, -0.2) is 41.7 Å². The second-order valence-electron chi connectivity index (χ2n) is 4.54. The van der Waals surface area contributed by atoms with E-state index in [0.29, 0.717) is 16.8 Å². The SMILES string of the molecule is CNC(=O)NC(=O)COC(=O)c1[nH]c(C)c(C(C)O)c1C. The molecule has 0 aliphatic rings. The molecule has 0 bridgehead atoms. The molecule has 8 nitrogen and oxygen atoms in total. The number of carbonyl (C=O) groups is 3. The molecule has 0 spiro atoms. The largest absolute Gasteiger partial charge is 0.451 e. The highest BCUT2D eigenvalue weighted by Gasteiger charge is 2.21. The number of aliphatic hydroxyl groups is 1. The Labute approximate surface area is 121 Å². The van der Waals surface area contributed by atoms with Gasteiger partial charge in [0.15, 0.2) is 6.61 Å². The monoisotopic (exact) mass is 297 g/mol. The van der Waals surface area contributed by atoms with Crippen LogP contribution in [0.25, 0.3) is 0 Å². The molecule has 1 rings (SSSR count). The molecule has 0 aromatic carbocycles. The van der Waals surface area contributed by atoms with Gasteiger partial charge in [-0.3, -0.25) is 10.1 Å². The molecule has 0 aliphatic carbocycles. The predicted octanol–water partition coefficient (Wildman–Crippen LogP) is 0.297. The summed E-state index contributed by atoms with van der Waals surface area (Å²) >= 11 is 0. The van der Waals surface area contributed by atoms with E-state index >= 15 is 0 Å². The van der Waals surface area contributed by atoms with E-state index in [2.05, 4.69) is 10.3 Å². The Morgan fingerprint density at radius 3 is 2.43 bits per heavy atom. The summed E-state index contributed by atoms with van der Waals surface area (Å²) in [5, 5.41) is 13.8. The Balaban J connectivity index is 2.71. The fourth-order valence-corrected chi connectivity index (χ4v) is 2.02. The normalized spacial score (nSPS) is 11.7. The zero-order chi connectivity index (χ0) is 16.2. The zero-order valence-electron chi connectivity index (χ0n) is 12.4. The number of aliphatic hydroxyl groups excluding tert-OH is 1. The average Bonchev–Trinajstić information content (AvgIpc) is 2.71. The van der Waals surface area contributed by atoms with Crippen molar-refractivity contribution in [3.63, 3.8) is 0 Å². The van der Waals surface area contributed by atoms with Crippen molar-refractivity contribution in [3.05, 3.63) is 22.5 Å². The third-order valence-electron chi connectivity index (χ3n) is 2.93. The molecule has 1 aromatic heterocycles. The minimum Gasteiger partial charge on any atom is -0.451 e. The van der Waals surface area contributed by atoms with Crippen LogP contribution in [0.2, 0.25) is 0 Å². The summed E-state index contributed by atoms with van der Waals surface area (Å²) in [4.78, 5) is 36.9. The first-order valence-corrected chi connectivity index (χ1v) is 6.33. The third kappa shape index (κ3) is 4.06. The molecular formula is C13H19N3O5. The van der Waals surface area contributed by atoms with Gasteiger partial charge in [0.25, 0.3) is 5.91 Å². The van der Waals surface area contributed by atoms with Crippen LogP contribution in [0, 0.1) is 13.8 Å². The van der Waals surface area contributed by atoms with Crippen LogP contribution in [-0.2, 0) is 9.53 Å². The van der Waals surface area contributed by atoms with Gasteiger partial charge in [0.2, 0.25) is 0 Å². The van der Waals surface area contributed by atoms with Gasteiger partial charge in [-0.1, -0.05) is 0 Å². The summed E-state index contributed by atoms with van der Waals surface area (Å²) < 4.78 is 4.82. The van der Waals surface area contributed by atoms with E-state index in [1.807, 2.05) is 5.32 Å². The number of esters is 1. The molecular weight excluding hydrogens is 278 g/mol. The molecule has 21 heavy (non-hydrogen) atoms. The Morgan fingerprint density at radius 2 is 1.95 bits per heavy atom. The lowest BCUT2D eigenvalue weighted by Gasteiger charge is -2.06. The number of nitrogens with one attached hydrogen (secondary N) is 3. The van der Waals surface area contributed by atoms with E-state index in [1.165, 1.54) is 7.05 Å². The number of hydrogen-bond donors (Lipinski definition) is 4.